The van der Waals surface area contributed by atoms with Crippen LogP contribution < -0.4 is 0 Å². The van der Waals surface area contributed by atoms with E-state index in [0.29, 0.717) is 10.0 Å². The summed E-state index contributed by atoms with van der Waals surface area (Å²) in [6, 6.07) is 11.0. The molecule has 0 aromatic heterocycles. The van der Waals surface area contributed by atoms with Gasteiger partial charge in [0.15, 0.2) is 0 Å². The van der Waals surface area contributed by atoms with Crippen molar-refractivity contribution in [1.29, 1.82) is 0 Å². The molecule has 0 amide bonds. The Morgan fingerprint density at radius 3 is 1.54 bits per heavy atom. The first kappa shape index (κ1) is 21.0. The van der Waals surface area contributed by atoms with Gasteiger partial charge in [0.05, 0.1) is 0 Å². The van der Waals surface area contributed by atoms with E-state index in [-0.39, 0.29) is 16.6 Å². The van der Waals surface area contributed by atoms with E-state index in [1.54, 1.807) is 13.0 Å². The summed E-state index contributed by atoms with van der Waals surface area (Å²) in [5.41, 5.74) is 3.29. The molecule has 0 spiro atoms. The first-order chi connectivity index (χ1) is 10.8. The molecule has 2 rings (SSSR count). The number of aryl methyl sites for hydroxylation is 1. The van der Waals surface area contributed by atoms with E-state index in [2.05, 4.69) is 41.5 Å². The first-order valence-corrected chi connectivity index (χ1v) is 8.79. The Labute approximate surface area is 156 Å². The van der Waals surface area contributed by atoms with Crippen LogP contribution in [0.15, 0.2) is 36.4 Å². The van der Waals surface area contributed by atoms with Gasteiger partial charge in [-0.25, -0.2) is 4.39 Å². The summed E-state index contributed by atoms with van der Waals surface area (Å²) in [5, 5.41) is 1.40. The van der Waals surface area contributed by atoms with Gasteiger partial charge in [-0.1, -0.05) is 76.9 Å². The van der Waals surface area contributed by atoms with E-state index < -0.39 is 0 Å². The van der Waals surface area contributed by atoms with Crippen LogP contribution in [0.3, 0.4) is 0 Å². The van der Waals surface area contributed by atoms with Gasteiger partial charge in [0.25, 0.3) is 0 Å². The fraction of sp³-hybridized carbons (Fsp3) is 0.429. The molecule has 24 heavy (non-hydrogen) atoms. The van der Waals surface area contributed by atoms with E-state index in [1.165, 1.54) is 17.2 Å². The van der Waals surface area contributed by atoms with Gasteiger partial charge in [-0.3, -0.25) is 0 Å². The zero-order valence-corrected chi connectivity index (χ0v) is 17.1. The standard InChI is InChI=1S/C11H15F.C10H12Cl2/c1-8-7-9(11(2,3)4)5-6-10(8)12;1-10(2,3)7-4-8(11)6-9(12)5-7/h5-7H,1-4H3;4-6H,1-3H3. The third-order valence-electron chi connectivity index (χ3n) is 3.75. The van der Waals surface area contributed by atoms with Gasteiger partial charge in [-0.05, 0) is 58.7 Å². The monoisotopic (exact) mass is 368 g/mol. The molecule has 2 aromatic rings. The minimum atomic E-state index is -0.122. The lowest BCUT2D eigenvalue weighted by atomic mass is 9.86. The minimum Gasteiger partial charge on any atom is -0.207 e. The van der Waals surface area contributed by atoms with E-state index in [9.17, 15) is 4.39 Å². The molecular formula is C21H27Cl2F. The van der Waals surface area contributed by atoms with Crippen molar-refractivity contribution in [1.82, 2.24) is 0 Å². The lowest BCUT2D eigenvalue weighted by Gasteiger charge is -2.19. The maximum absolute atomic E-state index is 12.9. The first-order valence-electron chi connectivity index (χ1n) is 8.04. The molecule has 0 aliphatic heterocycles. The third-order valence-corrected chi connectivity index (χ3v) is 4.19. The average Bonchev–Trinajstić information content (AvgIpc) is 2.39. The normalized spacial score (nSPS) is 11.8. The molecular weight excluding hydrogens is 342 g/mol. The largest absolute Gasteiger partial charge is 0.207 e. The van der Waals surface area contributed by atoms with Crippen LogP contribution in [0.25, 0.3) is 0 Å². The number of halogens is 3. The highest BCUT2D eigenvalue weighted by atomic mass is 35.5. The second kappa shape index (κ2) is 7.89. The Balaban J connectivity index is 0.000000240. The van der Waals surface area contributed by atoms with Crippen molar-refractivity contribution in [3.05, 3.63) is 69.0 Å². The molecule has 0 unspecified atom stereocenters. The van der Waals surface area contributed by atoms with Crippen molar-refractivity contribution in [3.63, 3.8) is 0 Å². The zero-order valence-electron chi connectivity index (χ0n) is 15.6. The fourth-order valence-electron chi connectivity index (χ4n) is 2.10. The predicted octanol–water partition coefficient (Wildman–Crippen LogP) is 7.72. The van der Waals surface area contributed by atoms with E-state index in [1.807, 2.05) is 24.3 Å². The minimum absolute atomic E-state index is 0.106. The van der Waals surface area contributed by atoms with Crippen LogP contribution in [0.5, 0.6) is 0 Å². The molecule has 0 saturated heterocycles. The van der Waals surface area contributed by atoms with Crippen molar-refractivity contribution in [3.8, 4) is 0 Å². The Hall–Kier alpha value is -1.05. The van der Waals surface area contributed by atoms with Crippen molar-refractivity contribution in [2.45, 2.75) is 59.3 Å². The maximum atomic E-state index is 12.9. The molecule has 0 saturated carbocycles. The summed E-state index contributed by atoms with van der Waals surface area (Å²) >= 11 is 11.7. The van der Waals surface area contributed by atoms with Gasteiger partial charge < -0.3 is 0 Å². The Morgan fingerprint density at radius 1 is 0.708 bits per heavy atom. The lowest BCUT2D eigenvalue weighted by Crippen LogP contribution is -2.11. The highest BCUT2D eigenvalue weighted by molar-refractivity contribution is 6.34. The van der Waals surface area contributed by atoms with Gasteiger partial charge in [0.2, 0.25) is 0 Å². The smallest absolute Gasteiger partial charge is 0.126 e. The van der Waals surface area contributed by atoms with Crippen molar-refractivity contribution < 1.29 is 4.39 Å². The second-order valence-corrected chi connectivity index (χ2v) is 8.99. The van der Waals surface area contributed by atoms with Crippen LogP contribution in [0.1, 0.15) is 58.2 Å². The summed E-state index contributed by atoms with van der Waals surface area (Å²) in [4.78, 5) is 0. The van der Waals surface area contributed by atoms with E-state index in [4.69, 9.17) is 23.2 Å². The summed E-state index contributed by atoms with van der Waals surface area (Å²) in [6.45, 7) is 14.6. The van der Waals surface area contributed by atoms with Gasteiger partial charge in [0, 0.05) is 10.0 Å². The Kier molecular flexibility index (Phi) is 6.90. The summed E-state index contributed by atoms with van der Waals surface area (Å²) < 4.78 is 12.9. The molecule has 0 nitrogen and oxygen atoms in total. The molecule has 0 aliphatic carbocycles. The molecule has 0 heterocycles. The van der Waals surface area contributed by atoms with Crippen LogP contribution in [0.4, 0.5) is 4.39 Å². The summed E-state index contributed by atoms with van der Waals surface area (Å²) in [7, 11) is 0. The van der Waals surface area contributed by atoms with E-state index >= 15 is 0 Å². The molecule has 0 radical (unpaired) electrons. The van der Waals surface area contributed by atoms with Gasteiger partial charge >= 0.3 is 0 Å². The van der Waals surface area contributed by atoms with E-state index in [0.717, 1.165) is 5.56 Å². The molecule has 0 N–H and O–H groups in total. The SMILES string of the molecule is CC(C)(C)c1cc(Cl)cc(Cl)c1.Cc1cc(C(C)(C)C)ccc1F. The average molecular weight is 369 g/mol. The van der Waals surface area contributed by atoms with Crippen LogP contribution in [0.2, 0.25) is 10.0 Å². The summed E-state index contributed by atoms with van der Waals surface area (Å²) in [6.07, 6.45) is 0. The number of hydrogen-bond acceptors (Lipinski definition) is 0. The molecule has 3 heteroatoms. The van der Waals surface area contributed by atoms with Crippen molar-refractivity contribution in [2.24, 2.45) is 0 Å². The highest BCUT2D eigenvalue weighted by Gasteiger charge is 2.15. The lowest BCUT2D eigenvalue weighted by molar-refractivity contribution is 0.579. The molecule has 0 aliphatic rings. The fourth-order valence-corrected chi connectivity index (χ4v) is 2.62. The molecule has 2 aromatic carbocycles. The van der Waals surface area contributed by atoms with Crippen LogP contribution >= 0.6 is 23.2 Å². The Bertz CT molecular complexity index is 672. The second-order valence-electron chi connectivity index (χ2n) is 8.12. The maximum Gasteiger partial charge on any atom is 0.126 e. The zero-order chi connectivity index (χ0) is 18.7. The third kappa shape index (κ3) is 6.45. The van der Waals surface area contributed by atoms with Crippen LogP contribution in [-0.2, 0) is 10.8 Å². The topological polar surface area (TPSA) is 0 Å². The molecule has 0 bridgehead atoms. The van der Waals surface area contributed by atoms with Crippen LogP contribution in [0, 0.1) is 12.7 Å². The highest BCUT2D eigenvalue weighted by Crippen LogP contribution is 2.28. The van der Waals surface area contributed by atoms with Gasteiger partial charge in [0.1, 0.15) is 5.82 Å². The number of hydrogen-bond donors (Lipinski definition) is 0. The molecule has 132 valence electrons. The number of benzene rings is 2. The quantitative estimate of drug-likeness (QED) is 0.446. The molecule has 0 fully saturated rings. The van der Waals surface area contributed by atoms with Gasteiger partial charge in [-0.2, -0.15) is 0 Å². The summed E-state index contributed by atoms with van der Waals surface area (Å²) in [5.74, 6) is -0.122. The number of rotatable bonds is 0. The molecule has 0 atom stereocenters. The van der Waals surface area contributed by atoms with Crippen molar-refractivity contribution in [2.75, 3.05) is 0 Å². The van der Waals surface area contributed by atoms with Crippen molar-refractivity contribution >= 4 is 23.2 Å². The Morgan fingerprint density at radius 2 is 1.17 bits per heavy atom. The predicted molar refractivity (Wildman–Crippen MR) is 105 cm³/mol. The van der Waals surface area contributed by atoms with Gasteiger partial charge in [-0.15, -0.1) is 0 Å². The van der Waals surface area contributed by atoms with Crippen LogP contribution in [-0.4, -0.2) is 0 Å².